The van der Waals surface area contributed by atoms with E-state index in [0.717, 1.165) is 9.86 Å². The topological polar surface area (TPSA) is 72.8 Å². The Labute approximate surface area is 166 Å². The standard InChI is InChI=1S/C18H21BrClN3O3/c1-5-15(17(24)23-18(2,3)10-22-25-4)26-13-7-11-6-12(19)9-21-16(11)14(20)8-13/h6-10,15H,5H2,1-4H3,(H,23,24). The minimum atomic E-state index is -0.668. The Morgan fingerprint density at radius 3 is 2.85 bits per heavy atom. The predicted molar refractivity (Wildman–Crippen MR) is 107 cm³/mol. The Morgan fingerprint density at radius 2 is 2.19 bits per heavy atom. The zero-order valence-electron chi connectivity index (χ0n) is 15.0. The monoisotopic (exact) mass is 441 g/mol. The molecule has 2 rings (SSSR count). The van der Waals surface area contributed by atoms with Crippen LogP contribution in [0.25, 0.3) is 10.9 Å². The van der Waals surface area contributed by atoms with Crippen LogP contribution in [0.2, 0.25) is 5.02 Å². The molecule has 2 aromatic rings. The number of benzene rings is 1. The van der Waals surface area contributed by atoms with Gasteiger partial charge in [-0.2, -0.15) is 0 Å². The Morgan fingerprint density at radius 1 is 1.46 bits per heavy atom. The van der Waals surface area contributed by atoms with E-state index in [1.165, 1.54) is 13.3 Å². The first kappa shape index (κ1) is 20.5. The molecule has 0 spiro atoms. The molecule has 0 saturated carbocycles. The van der Waals surface area contributed by atoms with Gasteiger partial charge < -0.3 is 14.9 Å². The second kappa shape index (κ2) is 8.68. The highest BCUT2D eigenvalue weighted by Crippen LogP contribution is 2.30. The molecule has 0 aliphatic carbocycles. The van der Waals surface area contributed by atoms with Crippen molar-refractivity contribution in [3.8, 4) is 5.75 Å². The molecular weight excluding hydrogens is 422 g/mol. The number of aromatic nitrogens is 1. The summed E-state index contributed by atoms with van der Waals surface area (Å²) in [5.74, 6) is 0.261. The largest absolute Gasteiger partial charge is 0.481 e. The number of carbonyl (C=O) groups excluding carboxylic acids is 1. The van der Waals surface area contributed by atoms with Crippen LogP contribution >= 0.6 is 27.5 Å². The van der Waals surface area contributed by atoms with Gasteiger partial charge in [0.2, 0.25) is 0 Å². The van der Waals surface area contributed by atoms with Gasteiger partial charge in [0.05, 0.1) is 22.3 Å². The first-order chi connectivity index (χ1) is 12.3. The number of carbonyl (C=O) groups is 1. The number of ether oxygens (including phenoxy) is 1. The molecule has 26 heavy (non-hydrogen) atoms. The molecule has 1 aromatic heterocycles. The van der Waals surface area contributed by atoms with Gasteiger partial charge in [-0.15, -0.1) is 0 Å². The molecule has 1 N–H and O–H groups in total. The fourth-order valence-electron chi connectivity index (χ4n) is 2.32. The number of pyridine rings is 1. The molecule has 140 valence electrons. The SMILES string of the molecule is CCC(Oc1cc(Cl)c2ncc(Br)cc2c1)C(=O)NC(C)(C)C=NOC. The van der Waals surface area contributed by atoms with Crippen LogP contribution < -0.4 is 10.1 Å². The van der Waals surface area contributed by atoms with Gasteiger partial charge >= 0.3 is 0 Å². The molecule has 0 aliphatic rings. The lowest BCUT2D eigenvalue weighted by Gasteiger charge is -2.25. The van der Waals surface area contributed by atoms with E-state index in [0.29, 0.717) is 22.7 Å². The van der Waals surface area contributed by atoms with E-state index in [1.807, 2.05) is 32.9 Å². The molecule has 1 unspecified atom stereocenters. The molecule has 1 atom stereocenters. The van der Waals surface area contributed by atoms with Gasteiger partial charge in [0, 0.05) is 22.1 Å². The number of nitrogens with one attached hydrogen (secondary N) is 1. The fourth-order valence-corrected chi connectivity index (χ4v) is 2.94. The highest BCUT2D eigenvalue weighted by molar-refractivity contribution is 9.10. The van der Waals surface area contributed by atoms with Crippen molar-refractivity contribution in [3.05, 3.63) is 33.9 Å². The van der Waals surface area contributed by atoms with E-state index in [1.54, 1.807) is 12.3 Å². The van der Waals surface area contributed by atoms with Crippen LogP contribution in [-0.4, -0.2) is 35.9 Å². The van der Waals surface area contributed by atoms with Gasteiger partial charge in [0.1, 0.15) is 12.9 Å². The smallest absolute Gasteiger partial charge is 0.261 e. The van der Waals surface area contributed by atoms with Crippen molar-refractivity contribution >= 4 is 50.6 Å². The maximum atomic E-state index is 12.6. The third-order valence-electron chi connectivity index (χ3n) is 3.54. The van der Waals surface area contributed by atoms with Gasteiger partial charge in [-0.05, 0) is 48.3 Å². The quantitative estimate of drug-likeness (QED) is 0.511. The maximum absolute atomic E-state index is 12.6. The van der Waals surface area contributed by atoms with Crippen molar-refractivity contribution in [2.75, 3.05) is 7.11 Å². The lowest BCUT2D eigenvalue weighted by Crippen LogP contribution is -2.50. The summed E-state index contributed by atoms with van der Waals surface area (Å²) < 4.78 is 6.72. The molecule has 0 saturated heterocycles. The number of halogens is 2. The molecule has 6 nitrogen and oxygen atoms in total. The zero-order chi connectivity index (χ0) is 19.3. The Kier molecular flexibility index (Phi) is 6.83. The molecular formula is C18H21BrClN3O3. The first-order valence-corrected chi connectivity index (χ1v) is 9.24. The van der Waals surface area contributed by atoms with Crippen LogP contribution in [0.3, 0.4) is 0 Å². The van der Waals surface area contributed by atoms with Crippen LogP contribution in [0.1, 0.15) is 27.2 Å². The molecule has 0 fully saturated rings. The number of fused-ring (bicyclic) bond motifs is 1. The van der Waals surface area contributed by atoms with Crippen molar-refractivity contribution in [1.29, 1.82) is 0 Å². The zero-order valence-corrected chi connectivity index (χ0v) is 17.4. The fraction of sp³-hybridized carbons (Fsp3) is 0.389. The highest BCUT2D eigenvalue weighted by atomic mass is 79.9. The Balaban J connectivity index is 2.20. The highest BCUT2D eigenvalue weighted by Gasteiger charge is 2.25. The summed E-state index contributed by atoms with van der Waals surface area (Å²) in [6, 6.07) is 5.37. The number of amides is 1. The van der Waals surface area contributed by atoms with Gasteiger partial charge in [-0.3, -0.25) is 9.78 Å². The summed E-state index contributed by atoms with van der Waals surface area (Å²) >= 11 is 9.68. The van der Waals surface area contributed by atoms with E-state index in [4.69, 9.17) is 16.3 Å². The maximum Gasteiger partial charge on any atom is 0.261 e. The van der Waals surface area contributed by atoms with Crippen molar-refractivity contribution in [2.24, 2.45) is 5.16 Å². The van der Waals surface area contributed by atoms with Gasteiger partial charge in [-0.1, -0.05) is 23.7 Å². The number of hydrogen-bond donors (Lipinski definition) is 1. The van der Waals surface area contributed by atoms with E-state index in [2.05, 4.69) is 36.2 Å². The Hall–Kier alpha value is -1.86. The number of nitrogens with zero attached hydrogens (tertiary/aromatic N) is 2. The minimum Gasteiger partial charge on any atom is -0.481 e. The van der Waals surface area contributed by atoms with Crippen LogP contribution in [0, 0.1) is 0 Å². The Bertz CT molecular complexity index is 827. The summed E-state index contributed by atoms with van der Waals surface area (Å²) in [6.07, 6.45) is 3.03. The van der Waals surface area contributed by atoms with E-state index in [9.17, 15) is 4.79 Å². The molecule has 0 aliphatic heterocycles. The summed E-state index contributed by atoms with van der Waals surface area (Å²) in [5, 5.41) is 7.88. The van der Waals surface area contributed by atoms with E-state index < -0.39 is 11.6 Å². The molecule has 1 aromatic carbocycles. The minimum absolute atomic E-state index is 0.247. The molecule has 0 bridgehead atoms. The third-order valence-corrected chi connectivity index (χ3v) is 4.27. The summed E-state index contributed by atoms with van der Waals surface area (Å²) in [4.78, 5) is 21.5. The van der Waals surface area contributed by atoms with Crippen LogP contribution in [-0.2, 0) is 9.63 Å². The summed E-state index contributed by atoms with van der Waals surface area (Å²) in [7, 11) is 1.45. The number of rotatable bonds is 7. The summed E-state index contributed by atoms with van der Waals surface area (Å²) in [5.41, 5.74) is 0.0105. The van der Waals surface area contributed by atoms with Crippen LogP contribution in [0.4, 0.5) is 0 Å². The van der Waals surface area contributed by atoms with Crippen molar-refractivity contribution in [3.63, 3.8) is 0 Å². The third kappa shape index (κ3) is 5.32. The molecule has 8 heteroatoms. The van der Waals surface area contributed by atoms with Gasteiger partial charge in [0.25, 0.3) is 5.91 Å². The number of hydrogen-bond acceptors (Lipinski definition) is 5. The van der Waals surface area contributed by atoms with Crippen LogP contribution in [0.5, 0.6) is 5.75 Å². The number of oxime groups is 1. The second-order valence-corrected chi connectivity index (χ2v) is 7.60. The average molecular weight is 443 g/mol. The van der Waals surface area contributed by atoms with Crippen LogP contribution in [0.15, 0.2) is 34.0 Å². The van der Waals surface area contributed by atoms with Crippen molar-refractivity contribution in [1.82, 2.24) is 10.3 Å². The molecule has 1 heterocycles. The average Bonchev–Trinajstić information content (AvgIpc) is 2.57. The first-order valence-electron chi connectivity index (χ1n) is 8.07. The molecule has 1 amide bonds. The second-order valence-electron chi connectivity index (χ2n) is 6.27. The lowest BCUT2D eigenvalue weighted by atomic mass is 10.1. The van der Waals surface area contributed by atoms with Gasteiger partial charge in [-0.25, -0.2) is 0 Å². The lowest BCUT2D eigenvalue weighted by molar-refractivity contribution is -0.129. The van der Waals surface area contributed by atoms with E-state index in [-0.39, 0.29) is 5.91 Å². The van der Waals surface area contributed by atoms with Gasteiger partial charge in [0.15, 0.2) is 6.10 Å². The summed E-state index contributed by atoms with van der Waals surface area (Å²) in [6.45, 7) is 5.51. The van der Waals surface area contributed by atoms with E-state index >= 15 is 0 Å². The van der Waals surface area contributed by atoms with Crippen molar-refractivity contribution in [2.45, 2.75) is 38.8 Å². The molecule has 0 radical (unpaired) electrons. The van der Waals surface area contributed by atoms with Crippen molar-refractivity contribution < 1.29 is 14.4 Å². The normalized spacial score (nSPS) is 13.0. The predicted octanol–water partition coefficient (Wildman–Crippen LogP) is 4.34.